The molecule has 0 saturated heterocycles. The second kappa shape index (κ2) is 5.51. The van der Waals surface area contributed by atoms with Gasteiger partial charge in [-0.2, -0.15) is 5.26 Å². The summed E-state index contributed by atoms with van der Waals surface area (Å²) in [5.74, 6) is -0.194. The van der Waals surface area contributed by atoms with Crippen molar-refractivity contribution in [3.63, 3.8) is 0 Å². The number of fused-ring (bicyclic) bond motifs is 1. The Kier molecular flexibility index (Phi) is 4.00. The van der Waals surface area contributed by atoms with Crippen LogP contribution in [0.3, 0.4) is 0 Å². The van der Waals surface area contributed by atoms with E-state index in [1.165, 1.54) is 16.2 Å². The Hall–Kier alpha value is -1.38. The number of carbonyl (C=O) groups excluding carboxylic acids is 1. The molecule has 1 aliphatic rings. The summed E-state index contributed by atoms with van der Waals surface area (Å²) in [7, 11) is 0. The number of carbonyl (C=O) groups is 1. The molecule has 0 atom stereocenters. The zero-order valence-electron chi connectivity index (χ0n) is 10.6. The van der Waals surface area contributed by atoms with Crippen LogP contribution in [-0.4, -0.2) is 18.6 Å². The van der Waals surface area contributed by atoms with Gasteiger partial charge in [0.25, 0.3) is 5.91 Å². The summed E-state index contributed by atoms with van der Waals surface area (Å²) >= 11 is 1.53. The van der Waals surface area contributed by atoms with E-state index in [2.05, 4.69) is 11.4 Å². The molecule has 0 unspecified atom stereocenters. The quantitative estimate of drug-likeness (QED) is 0.908. The molecule has 0 bridgehead atoms. The molecular formula is C13H16N2O2S. The topological polar surface area (TPSA) is 62.1 Å². The molecule has 1 aromatic rings. The maximum absolute atomic E-state index is 11.7. The Bertz CT molecular complexity index is 500. The van der Waals surface area contributed by atoms with Gasteiger partial charge in [0.05, 0.1) is 11.7 Å². The molecule has 0 aromatic carbocycles. The first kappa shape index (κ1) is 13.1. The van der Waals surface area contributed by atoms with Crippen molar-refractivity contribution in [3.8, 4) is 6.07 Å². The lowest BCUT2D eigenvalue weighted by Gasteiger charge is -2.07. The van der Waals surface area contributed by atoms with E-state index in [1.54, 1.807) is 0 Å². The first-order valence-electron chi connectivity index (χ1n) is 6.08. The number of anilines is 1. The van der Waals surface area contributed by atoms with Crippen molar-refractivity contribution in [1.29, 1.82) is 5.26 Å². The smallest absolute Gasteiger partial charge is 0.251 e. The molecule has 0 radical (unpaired) electrons. The van der Waals surface area contributed by atoms with Gasteiger partial charge in [0.2, 0.25) is 0 Å². The highest BCUT2D eigenvalue weighted by atomic mass is 32.1. The summed E-state index contributed by atoms with van der Waals surface area (Å²) in [5, 5.41) is 12.6. The van der Waals surface area contributed by atoms with Crippen LogP contribution >= 0.6 is 11.3 Å². The van der Waals surface area contributed by atoms with Gasteiger partial charge in [-0.3, -0.25) is 4.79 Å². The molecule has 0 aliphatic heterocycles. The lowest BCUT2D eigenvalue weighted by Crippen LogP contribution is -2.20. The number of hydrogen-bond acceptors (Lipinski definition) is 4. The van der Waals surface area contributed by atoms with Crippen LogP contribution < -0.4 is 5.32 Å². The fourth-order valence-electron chi connectivity index (χ4n) is 2.02. The highest BCUT2D eigenvalue weighted by Crippen LogP contribution is 2.38. The number of nitriles is 1. The highest BCUT2D eigenvalue weighted by Gasteiger charge is 2.22. The van der Waals surface area contributed by atoms with Crippen LogP contribution in [0.5, 0.6) is 0 Å². The van der Waals surface area contributed by atoms with Crippen molar-refractivity contribution >= 4 is 22.2 Å². The van der Waals surface area contributed by atoms with Crippen molar-refractivity contribution in [2.45, 2.75) is 39.2 Å². The van der Waals surface area contributed by atoms with E-state index >= 15 is 0 Å². The maximum atomic E-state index is 11.7. The predicted molar refractivity (Wildman–Crippen MR) is 70.8 cm³/mol. The van der Waals surface area contributed by atoms with Gasteiger partial charge in [-0.05, 0) is 38.7 Å². The molecular weight excluding hydrogens is 248 g/mol. The van der Waals surface area contributed by atoms with Crippen LogP contribution in [0.15, 0.2) is 0 Å². The van der Waals surface area contributed by atoms with E-state index in [9.17, 15) is 10.1 Å². The minimum atomic E-state index is -0.194. The number of nitrogens with one attached hydrogen (secondary N) is 1. The fraction of sp³-hybridized carbons (Fsp3) is 0.538. The monoisotopic (exact) mass is 264 g/mol. The summed E-state index contributed by atoms with van der Waals surface area (Å²) < 4.78 is 5.24. The van der Waals surface area contributed by atoms with E-state index in [0.717, 1.165) is 24.8 Å². The number of aryl methyl sites for hydroxylation is 1. The highest BCUT2D eigenvalue weighted by molar-refractivity contribution is 7.16. The van der Waals surface area contributed by atoms with Gasteiger partial charge in [-0.15, -0.1) is 11.3 Å². The Morgan fingerprint density at radius 2 is 2.33 bits per heavy atom. The van der Waals surface area contributed by atoms with Crippen LogP contribution in [0.1, 0.15) is 36.3 Å². The maximum Gasteiger partial charge on any atom is 0.251 e. The van der Waals surface area contributed by atoms with Crippen LogP contribution in [0.4, 0.5) is 5.00 Å². The number of nitrogens with zero attached hydrogens (tertiary/aromatic N) is 1. The number of ether oxygens (including phenoxy) is 1. The lowest BCUT2D eigenvalue weighted by atomic mass is 10.1. The van der Waals surface area contributed by atoms with Gasteiger partial charge in [-0.1, -0.05) is 0 Å². The zero-order chi connectivity index (χ0) is 13.1. The van der Waals surface area contributed by atoms with E-state index in [-0.39, 0.29) is 18.6 Å². The Balaban J connectivity index is 2.06. The minimum Gasteiger partial charge on any atom is -0.369 e. The number of thiophene rings is 1. The van der Waals surface area contributed by atoms with Crippen LogP contribution in [0, 0.1) is 11.3 Å². The third-order valence-electron chi connectivity index (χ3n) is 2.83. The van der Waals surface area contributed by atoms with E-state index < -0.39 is 0 Å². The predicted octanol–water partition coefficient (Wildman–Crippen LogP) is 2.47. The van der Waals surface area contributed by atoms with Gasteiger partial charge in [0, 0.05) is 4.88 Å². The van der Waals surface area contributed by atoms with Gasteiger partial charge in [-0.25, -0.2) is 0 Å². The summed E-state index contributed by atoms with van der Waals surface area (Å²) in [5.41, 5.74) is 1.77. The second-order valence-corrected chi connectivity index (χ2v) is 5.69. The number of rotatable bonds is 4. The second-order valence-electron chi connectivity index (χ2n) is 4.58. The van der Waals surface area contributed by atoms with Crippen LogP contribution in [-0.2, 0) is 22.4 Å². The Morgan fingerprint density at radius 3 is 3.00 bits per heavy atom. The number of hydrogen-bond donors (Lipinski definition) is 1. The van der Waals surface area contributed by atoms with E-state index in [0.29, 0.717) is 10.6 Å². The van der Waals surface area contributed by atoms with Gasteiger partial charge >= 0.3 is 0 Å². The van der Waals surface area contributed by atoms with Gasteiger partial charge in [0.1, 0.15) is 17.7 Å². The van der Waals surface area contributed by atoms with Crippen molar-refractivity contribution in [1.82, 2.24) is 0 Å². The minimum absolute atomic E-state index is 0.0273. The lowest BCUT2D eigenvalue weighted by molar-refractivity contribution is -0.121. The summed E-state index contributed by atoms with van der Waals surface area (Å²) in [6.45, 7) is 3.80. The fourth-order valence-corrected chi connectivity index (χ4v) is 3.27. The molecule has 1 aliphatic carbocycles. The zero-order valence-corrected chi connectivity index (χ0v) is 11.4. The summed E-state index contributed by atoms with van der Waals surface area (Å²) in [4.78, 5) is 12.9. The Morgan fingerprint density at radius 1 is 1.56 bits per heavy atom. The van der Waals surface area contributed by atoms with Crippen molar-refractivity contribution in [2.75, 3.05) is 11.9 Å². The largest absolute Gasteiger partial charge is 0.369 e. The third-order valence-corrected chi connectivity index (χ3v) is 4.04. The first-order valence-corrected chi connectivity index (χ1v) is 6.89. The van der Waals surface area contributed by atoms with Gasteiger partial charge < -0.3 is 10.1 Å². The summed E-state index contributed by atoms with van der Waals surface area (Å²) in [6.07, 6.45) is 3.11. The average Bonchev–Trinajstić information content (AvgIpc) is 2.86. The normalized spacial score (nSPS) is 13.4. The van der Waals surface area contributed by atoms with Crippen molar-refractivity contribution < 1.29 is 9.53 Å². The number of amides is 1. The molecule has 2 rings (SSSR count). The van der Waals surface area contributed by atoms with Crippen molar-refractivity contribution in [3.05, 3.63) is 16.0 Å². The van der Waals surface area contributed by atoms with Crippen molar-refractivity contribution in [2.24, 2.45) is 0 Å². The molecule has 1 N–H and O–H groups in total. The molecule has 5 heteroatoms. The summed E-state index contributed by atoms with van der Waals surface area (Å²) in [6, 6.07) is 2.20. The molecule has 4 nitrogen and oxygen atoms in total. The molecule has 0 spiro atoms. The SMILES string of the molecule is CC(C)OCC(=O)Nc1sc2c(c1C#N)CCC2. The van der Waals surface area contributed by atoms with E-state index in [1.807, 2.05) is 13.8 Å². The molecule has 1 heterocycles. The van der Waals surface area contributed by atoms with E-state index in [4.69, 9.17) is 4.74 Å². The molecule has 96 valence electrons. The Labute approximate surface area is 111 Å². The van der Waals surface area contributed by atoms with Gasteiger partial charge in [0.15, 0.2) is 0 Å². The first-order chi connectivity index (χ1) is 8.61. The van der Waals surface area contributed by atoms with Crippen LogP contribution in [0.2, 0.25) is 0 Å². The molecule has 0 fully saturated rings. The molecule has 1 amide bonds. The molecule has 18 heavy (non-hydrogen) atoms. The molecule has 1 aromatic heterocycles. The average molecular weight is 264 g/mol. The standard InChI is InChI=1S/C13H16N2O2S/c1-8(2)17-7-12(16)15-13-10(6-14)9-4-3-5-11(9)18-13/h8H,3-5,7H2,1-2H3,(H,15,16). The third kappa shape index (κ3) is 2.71. The van der Waals surface area contributed by atoms with Crippen LogP contribution in [0.25, 0.3) is 0 Å². The molecule has 0 saturated carbocycles.